The van der Waals surface area contributed by atoms with Gasteiger partial charge in [0.25, 0.3) is 0 Å². The van der Waals surface area contributed by atoms with Gasteiger partial charge in [-0.25, -0.2) is 9.78 Å². The molecule has 1 atom stereocenters. The molecule has 1 saturated heterocycles. The molecule has 0 saturated carbocycles. The molecule has 1 aromatic heterocycles. The molecule has 6 nitrogen and oxygen atoms in total. The van der Waals surface area contributed by atoms with E-state index >= 15 is 0 Å². The summed E-state index contributed by atoms with van der Waals surface area (Å²) >= 11 is 7.37. The van der Waals surface area contributed by atoms with Crippen molar-refractivity contribution in [2.75, 3.05) is 32.8 Å². The van der Waals surface area contributed by atoms with Crippen molar-refractivity contribution >= 4 is 34.0 Å². The van der Waals surface area contributed by atoms with Gasteiger partial charge < -0.3 is 19.1 Å². The third-order valence-electron chi connectivity index (χ3n) is 4.24. The number of thiazole rings is 1. The lowest BCUT2D eigenvalue weighted by Gasteiger charge is -2.26. The van der Waals surface area contributed by atoms with Crippen molar-refractivity contribution in [3.63, 3.8) is 0 Å². The zero-order chi connectivity index (χ0) is 18.0. The highest BCUT2D eigenvalue weighted by Gasteiger charge is 2.32. The highest BCUT2D eigenvalue weighted by atomic mass is 35.5. The maximum absolute atomic E-state index is 11.8. The van der Waals surface area contributed by atoms with Crippen molar-refractivity contribution in [1.29, 1.82) is 0 Å². The maximum Gasteiger partial charge on any atom is 0.351 e. The highest BCUT2D eigenvalue weighted by molar-refractivity contribution is 7.18. The number of hydrogen-bond donors (Lipinski definition) is 0. The molecule has 8 heteroatoms. The lowest BCUT2D eigenvalue weighted by atomic mass is 10.0. The first-order chi connectivity index (χ1) is 12.1. The summed E-state index contributed by atoms with van der Waals surface area (Å²) in [6.07, 6.45) is 1.98. The monoisotopic (exact) mass is 382 g/mol. The van der Waals surface area contributed by atoms with Crippen LogP contribution in [0.2, 0.25) is 5.15 Å². The second kappa shape index (κ2) is 7.49. The van der Waals surface area contributed by atoms with Crippen molar-refractivity contribution in [2.24, 2.45) is 0 Å². The fourth-order valence-corrected chi connectivity index (χ4v) is 4.32. The summed E-state index contributed by atoms with van der Waals surface area (Å²) in [5, 5.41) is 0.893. The Morgan fingerprint density at radius 3 is 2.80 bits per heavy atom. The van der Waals surface area contributed by atoms with Crippen molar-refractivity contribution in [1.82, 2.24) is 4.98 Å². The van der Waals surface area contributed by atoms with Gasteiger partial charge in [0.05, 0.1) is 27.4 Å². The predicted molar refractivity (Wildman–Crippen MR) is 97.3 cm³/mol. The molecule has 0 amide bonds. The molecule has 0 aliphatic carbocycles. The van der Waals surface area contributed by atoms with E-state index in [1.165, 1.54) is 18.4 Å². The van der Waals surface area contributed by atoms with Gasteiger partial charge in [0.15, 0.2) is 15.2 Å². The zero-order valence-corrected chi connectivity index (χ0v) is 15.8. The van der Waals surface area contributed by atoms with Crippen LogP contribution in [0.25, 0.3) is 0 Å². The average molecular weight is 383 g/mol. The van der Waals surface area contributed by atoms with Gasteiger partial charge in [-0.15, -0.1) is 0 Å². The Labute approximate surface area is 155 Å². The van der Waals surface area contributed by atoms with E-state index in [4.69, 9.17) is 25.8 Å². The molecule has 2 heterocycles. The summed E-state index contributed by atoms with van der Waals surface area (Å²) < 4.78 is 15.6. The second-order valence-electron chi connectivity index (χ2n) is 5.57. The molecule has 0 N–H and O–H groups in total. The van der Waals surface area contributed by atoms with Crippen LogP contribution in [0.15, 0.2) is 18.2 Å². The fourth-order valence-electron chi connectivity index (χ4n) is 3.05. The van der Waals surface area contributed by atoms with E-state index in [1.807, 2.05) is 18.2 Å². The summed E-state index contributed by atoms with van der Waals surface area (Å²) in [6.45, 7) is 0.838. The van der Waals surface area contributed by atoms with Crippen LogP contribution >= 0.6 is 22.9 Å². The van der Waals surface area contributed by atoms with Crippen molar-refractivity contribution in [3.8, 4) is 11.5 Å². The van der Waals surface area contributed by atoms with Crippen LogP contribution in [0.1, 0.15) is 34.1 Å². The molecular formula is C17H19ClN2O4S. The lowest BCUT2D eigenvalue weighted by molar-refractivity contribution is 0.0606. The number of anilines is 1. The maximum atomic E-state index is 11.8. The Morgan fingerprint density at radius 2 is 2.12 bits per heavy atom. The van der Waals surface area contributed by atoms with Gasteiger partial charge >= 0.3 is 5.97 Å². The molecule has 0 spiro atoms. The minimum atomic E-state index is -0.466. The second-order valence-corrected chi connectivity index (χ2v) is 6.90. The Kier molecular flexibility index (Phi) is 5.34. The van der Waals surface area contributed by atoms with E-state index in [0.717, 1.165) is 36.4 Å². The molecule has 0 radical (unpaired) electrons. The van der Waals surface area contributed by atoms with Crippen LogP contribution in [-0.4, -0.2) is 38.8 Å². The number of aromatic nitrogens is 1. The molecule has 2 aromatic rings. The van der Waals surface area contributed by atoms with Gasteiger partial charge in [-0.2, -0.15) is 0 Å². The fraction of sp³-hybridized carbons (Fsp3) is 0.412. The molecule has 1 aliphatic rings. The number of ether oxygens (including phenoxy) is 3. The van der Waals surface area contributed by atoms with Crippen LogP contribution in [0.3, 0.4) is 0 Å². The molecule has 1 aliphatic heterocycles. The van der Waals surface area contributed by atoms with Crippen molar-refractivity contribution < 1.29 is 19.0 Å². The van der Waals surface area contributed by atoms with Crippen LogP contribution in [-0.2, 0) is 4.74 Å². The van der Waals surface area contributed by atoms with Gasteiger partial charge in [-0.05, 0) is 25.0 Å². The van der Waals surface area contributed by atoms with E-state index in [1.54, 1.807) is 14.2 Å². The Balaban J connectivity index is 1.95. The minimum absolute atomic E-state index is 0.105. The van der Waals surface area contributed by atoms with Gasteiger partial charge in [0.2, 0.25) is 0 Å². The van der Waals surface area contributed by atoms with E-state index in [9.17, 15) is 4.79 Å². The van der Waals surface area contributed by atoms with Gasteiger partial charge in [0.1, 0.15) is 11.5 Å². The molecule has 1 unspecified atom stereocenters. The first-order valence-electron chi connectivity index (χ1n) is 7.82. The summed E-state index contributed by atoms with van der Waals surface area (Å²) in [4.78, 5) is 18.7. The molecule has 25 heavy (non-hydrogen) atoms. The van der Waals surface area contributed by atoms with Gasteiger partial charge in [-0.3, -0.25) is 0 Å². The average Bonchev–Trinajstić information content (AvgIpc) is 3.26. The third-order valence-corrected chi connectivity index (χ3v) is 5.70. The minimum Gasteiger partial charge on any atom is -0.497 e. The van der Waals surface area contributed by atoms with Crippen molar-refractivity contribution in [3.05, 3.63) is 33.8 Å². The number of nitrogens with zero attached hydrogens (tertiary/aromatic N) is 2. The third kappa shape index (κ3) is 3.39. The van der Waals surface area contributed by atoms with E-state index in [2.05, 4.69) is 9.88 Å². The largest absolute Gasteiger partial charge is 0.497 e. The smallest absolute Gasteiger partial charge is 0.351 e. The molecule has 0 bridgehead atoms. The molecular weight excluding hydrogens is 364 g/mol. The Morgan fingerprint density at radius 1 is 1.32 bits per heavy atom. The number of halogens is 1. The summed E-state index contributed by atoms with van der Waals surface area (Å²) in [5.74, 6) is 1.05. The quantitative estimate of drug-likeness (QED) is 0.730. The van der Waals surface area contributed by atoms with E-state index < -0.39 is 5.97 Å². The molecule has 1 fully saturated rings. The van der Waals surface area contributed by atoms with Crippen LogP contribution in [0.4, 0.5) is 5.13 Å². The van der Waals surface area contributed by atoms with Gasteiger partial charge in [-0.1, -0.05) is 22.9 Å². The summed E-state index contributed by atoms with van der Waals surface area (Å²) in [7, 11) is 4.61. The van der Waals surface area contributed by atoms with E-state index in [0.29, 0.717) is 10.0 Å². The predicted octanol–water partition coefficient (Wildman–Crippen LogP) is 3.94. The first-order valence-corrected chi connectivity index (χ1v) is 9.01. The number of hydrogen-bond acceptors (Lipinski definition) is 7. The molecule has 1 aromatic carbocycles. The summed E-state index contributed by atoms with van der Waals surface area (Å²) in [6, 6.07) is 5.91. The number of benzene rings is 1. The van der Waals surface area contributed by atoms with Crippen LogP contribution in [0, 0.1) is 0 Å². The van der Waals surface area contributed by atoms with Gasteiger partial charge in [0, 0.05) is 18.2 Å². The van der Waals surface area contributed by atoms with E-state index in [-0.39, 0.29) is 11.2 Å². The number of esters is 1. The number of rotatable bonds is 5. The first kappa shape index (κ1) is 17.8. The molecule has 134 valence electrons. The van der Waals surface area contributed by atoms with Crippen LogP contribution in [0.5, 0.6) is 11.5 Å². The lowest BCUT2D eigenvalue weighted by Crippen LogP contribution is -2.22. The number of carbonyl (C=O) groups is 1. The topological polar surface area (TPSA) is 60.9 Å². The number of methoxy groups -OCH3 is 3. The van der Waals surface area contributed by atoms with Crippen LogP contribution < -0.4 is 14.4 Å². The highest BCUT2D eigenvalue weighted by Crippen LogP contribution is 2.43. The molecule has 3 rings (SSSR count). The Bertz CT molecular complexity index is 780. The van der Waals surface area contributed by atoms with Crippen molar-refractivity contribution in [2.45, 2.75) is 18.9 Å². The SMILES string of the molecule is COC(=O)c1sc(N2CCCC2c2ccc(OC)cc2OC)nc1Cl. The normalized spacial score (nSPS) is 16.8. The standard InChI is InChI=1S/C17H19ClN2O4S/c1-22-10-6-7-11(13(9-10)23-2)12-5-4-8-20(12)17-19-15(18)14(25-17)16(21)24-3/h6-7,9,12H,4-5,8H2,1-3H3. The Hall–Kier alpha value is -1.99. The summed E-state index contributed by atoms with van der Waals surface area (Å²) in [5.41, 5.74) is 1.06. The number of carbonyl (C=O) groups excluding carboxylic acids is 1. The zero-order valence-electron chi connectivity index (χ0n) is 14.2.